The van der Waals surface area contributed by atoms with Crippen molar-refractivity contribution in [3.05, 3.63) is 83.7 Å². The molecule has 0 radical (unpaired) electrons. The van der Waals surface area contributed by atoms with Crippen LogP contribution in [0.5, 0.6) is 0 Å². The average molecular weight is 433 g/mol. The molecule has 31 heavy (non-hydrogen) atoms. The van der Waals surface area contributed by atoms with Crippen molar-refractivity contribution in [2.24, 2.45) is 0 Å². The first-order valence-electron chi connectivity index (χ1n) is 10.0. The largest absolute Gasteiger partial charge is 0.462 e. The number of hydrogen-bond acceptors (Lipinski definition) is 5. The Labute approximate surface area is 184 Å². The fourth-order valence-corrected chi connectivity index (χ4v) is 5.76. The van der Waals surface area contributed by atoms with Crippen molar-refractivity contribution < 1.29 is 14.3 Å². The summed E-state index contributed by atoms with van der Waals surface area (Å²) in [7, 11) is 3.39. The molecule has 7 heteroatoms. The van der Waals surface area contributed by atoms with Crippen molar-refractivity contribution in [2.75, 3.05) is 14.2 Å². The zero-order valence-corrected chi connectivity index (χ0v) is 18.3. The number of thioether (sulfide) groups is 1. The quantitative estimate of drug-likeness (QED) is 0.411. The van der Waals surface area contributed by atoms with Gasteiger partial charge >= 0.3 is 11.9 Å². The fourth-order valence-electron chi connectivity index (χ4n) is 4.95. The molecule has 3 aliphatic rings. The number of methoxy groups -OCH3 is 1. The van der Waals surface area contributed by atoms with Crippen molar-refractivity contribution in [3.8, 4) is 0 Å². The van der Waals surface area contributed by atoms with E-state index in [1.165, 1.54) is 7.11 Å². The summed E-state index contributed by atoms with van der Waals surface area (Å²) in [6.45, 7) is 2.06. The molecule has 0 saturated heterocycles. The van der Waals surface area contributed by atoms with Crippen molar-refractivity contribution in [2.45, 2.75) is 23.9 Å². The van der Waals surface area contributed by atoms with Gasteiger partial charge in [-0.15, -0.1) is 0 Å². The first kappa shape index (κ1) is 19.8. The molecule has 1 aliphatic carbocycles. The van der Waals surface area contributed by atoms with Crippen LogP contribution in [0.3, 0.4) is 0 Å². The minimum atomic E-state index is -0.522. The maximum absolute atomic E-state index is 13.0. The van der Waals surface area contributed by atoms with Gasteiger partial charge in [-0.25, -0.2) is 13.8 Å². The number of quaternary nitrogens is 1. The molecule has 2 unspecified atom stereocenters. The molecule has 0 N–H and O–H groups in total. The normalized spacial score (nSPS) is 25.6. The molecule has 1 aromatic carbocycles. The molecular weight excluding hydrogens is 410 g/mol. The molecule has 2 atom stereocenters. The molecule has 5 rings (SSSR count). The number of likely N-dealkylation sites (N-methyl/N-ethyl adjacent to an activating group) is 1. The SMILES string of the molecule is COC(=O)C1=CC=CC23CC=CC(C)=C2n2c(SC(=O)c4ccccc4)cnc2[N+]13C. The standard InChI is InChI=1S/C24H22N3O3S/c1-16-9-7-13-24-14-8-12-18(21(28)30-3)27(24,2)23-25-15-19(26(23)20(16)24)31-22(29)17-10-5-4-6-11-17/h4-12,14-15H,13H2,1-3H3/q+1. The number of imidazole rings is 1. The van der Waals surface area contributed by atoms with Gasteiger partial charge in [0.2, 0.25) is 10.8 Å². The number of aromatic nitrogens is 2. The maximum Gasteiger partial charge on any atom is 0.393 e. The zero-order valence-electron chi connectivity index (χ0n) is 17.5. The highest BCUT2D eigenvalue weighted by Gasteiger charge is 2.65. The molecule has 0 amide bonds. The summed E-state index contributed by atoms with van der Waals surface area (Å²) in [5.74, 6) is 0.311. The Morgan fingerprint density at radius 2 is 2.03 bits per heavy atom. The lowest BCUT2D eigenvalue weighted by molar-refractivity contribution is -0.138. The van der Waals surface area contributed by atoms with Gasteiger partial charge in [-0.1, -0.05) is 48.6 Å². The summed E-state index contributed by atoms with van der Waals surface area (Å²) in [5.41, 5.74) is 2.75. The number of nitrogens with zero attached hydrogens (tertiary/aromatic N) is 3. The minimum Gasteiger partial charge on any atom is -0.462 e. The number of rotatable bonds is 3. The molecule has 0 saturated carbocycles. The van der Waals surface area contributed by atoms with Crippen LogP contribution in [0.25, 0.3) is 5.70 Å². The number of allylic oxidation sites excluding steroid dienone is 4. The smallest absolute Gasteiger partial charge is 0.393 e. The lowest BCUT2D eigenvalue weighted by atomic mass is 9.80. The minimum absolute atomic E-state index is 0.0474. The van der Waals surface area contributed by atoms with E-state index < -0.39 is 5.54 Å². The van der Waals surface area contributed by atoms with Crippen LogP contribution in [-0.2, 0) is 9.53 Å². The summed E-state index contributed by atoms with van der Waals surface area (Å²) < 4.78 is 7.35. The van der Waals surface area contributed by atoms with Gasteiger partial charge in [0.25, 0.3) is 0 Å². The predicted molar refractivity (Wildman–Crippen MR) is 121 cm³/mol. The van der Waals surface area contributed by atoms with Gasteiger partial charge in [-0.3, -0.25) is 4.79 Å². The van der Waals surface area contributed by atoms with E-state index in [0.29, 0.717) is 23.6 Å². The summed E-state index contributed by atoms with van der Waals surface area (Å²) >= 11 is 1.16. The van der Waals surface area contributed by atoms with Gasteiger partial charge < -0.3 is 4.74 Å². The molecule has 6 nitrogen and oxygen atoms in total. The third-order valence-corrected chi connectivity index (χ3v) is 7.34. The van der Waals surface area contributed by atoms with E-state index in [9.17, 15) is 9.59 Å². The first-order valence-corrected chi connectivity index (χ1v) is 10.8. The molecule has 1 aromatic heterocycles. The van der Waals surface area contributed by atoms with E-state index in [2.05, 4.69) is 29.7 Å². The molecule has 2 aliphatic heterocycles. The highest BCUT2D eigenvalue weighted by molar-refractivity contribution is 8.14. The molecule has 156 valence electrons. The zero-order chi connectivity index (χ0) is 21.8. The second-order valence-electron chi connectivity index (χ2n) is 7.96. The van der Waals surface area contributed by atoms with Crippen LogP contribution in [0.2, 0.25) is 0 Å². The Bertz CT molecular complexity index is 1240. The van der Waals surface area contributed by atoms with Crippen LogP contribution in [0.1, 0.15) is 23.7 Å². The van der Waals surface area contributed by atoms with Crippen LogP contribution in [0.4, 0.5) is 5.95 Å². The summed E-state index contributed by atoms with van der Waals surface area (Å²) in [4.78, 5) is 30.5. The third kappa shape index (κ3) is 2.53. The van der Waals surface area contributed by atoms with Crippen molar-refractivity contribution in [1.29, 1.82) is 0 Å². The van der Waals surface area contributed by atoms with Crippen LogP contribution >= 0.6 is 11.8 Å². The maximum atomic E-state index is 13.0. The molecule has 2 aromatic rings. The number of ether oxygens (including phenoxy) is 1. The van der Waals surface area contributed by atoms with Crippen LogP contribution in [0.15, 0.2) is 83.2 Å². The lowest BCUT2D eigenvalue weighted by Gasteiger charge is -2.44. The lowest BCUT2D eigenvalue weighted by Crippen LogP contribution is -2.62. The Balaban J connectivity index is 1.70. The average Bonchev–Trinajstić information content (AvgIpc) is 3.29. The number of carbonyl (C=O) groups is 2. The van der Waals surface area contributed by atoms with Gasteiger partial charge in [-0.2, -0.15) is 4.98 Å². The second kappa shape index (κ2) is 6.93. The van der Waals surface area contributed by atoms with E-state index in [0.717, 1.165) is 28.1 Å². The van der Waals surface area contributed by atoms with Crippen molar-refractivity contribution in [3.63, 3.8) is 0 Å². The number of carbonyl (C=O) groups excluding carboxylic acids is 2. The monoisotopic (exact) mass is 432 g/mol. The number of fused-ring (bicyclic) bond motifs is 3. The van der Waals surface area contributed by atoms with Crippen molar-refractivity contribution >= 4 is 34.5 Å². The van der Waals surface area contributed by atoms with Crippen molar-refractivity contribution in [1.82, 2.24) is 14.0 Å². The van der Waals surface area contributed by atoms with E-state index in [1.54, 1.807) is 12.3 Å². The topological polar surface area (TPSA) is 61.2 Å². The fraction of sp³-hybridized carbons (Fsp3) is 0.208. The molecule has 1 spiro atoms. The van der Waals surface area contributed by atoms with Gasteiger partial charge in [0.1, 0.15) is 5.03 Å². The Kier molecular flexibility index (Phi) is 4.42. The highest BCUT2D eigenvalue weighted by Crippen LogP contribution is 2.57. The third-order valence-electron chi connectivity index (χ3n) is 6.42. The van der Waals surface area contributed by atoms with Gasteiger partial charge in [0, 0.05) is 18.1 Å². The molecular formula is C24H22N3O3S+. The number of hydrogen-bond donors (Lipinski definition) is 0. The van der Waals surface area contributed by atoms with Crippen LogP contribution < -0.4 is 4.48 Å². The van der Waals surface area contributed by atoms with Crippen LogP contribution in [-0.4, -0.2) is 40.3 Å². The second-order valence-corrected chi connectivity index (χ2v) is 8.95. The van der Waals surface area contributed by atoms with Gasteiger partial charge in [0.05, 0.1) is 26.1 Å². The number of esters is 1. The summed E-state index contributed by atoms with van der Waals surface area (Å²) in [5, 5.41) is 0.688. The van der Waals surface area contributed by atoms with E-state index >= 15 is 0 Å². The number of benzene rings is 1. The Morgan fingerprint density at radius 3 is 2.77 bits per heavy atom. The molecule has 0 fully saturated rings. The molecule has 0 bridgehead atoms. The first-order chi connectivity index (χ1) is 14.9. The summed E-state index contributed by atoms with van der Waals surface area (Å²) in [6, 6.07) is 9.22. The van der Waals surface area contributed by atoms with E-state index in [4.69, 9.17) is 9.72 Å². The molecule has 3 heterocycles. The Morgan fingerprint density at radius 1 is 1.26 bits per heavy atom. The van der Waals surface area contributed by atoms with E-state index in [1.807, 2.05) is 43.5 Å². The highest BCUT2D eigenvalue weighted by atomic mass is 32.2. The van der Waals surface area contributed by atoms with Crippen LogP contribution in [0, 0.1) is 0 Å². The predicted octanol–water partition coefficient (Wildman–Crippen LogP) is 4.32. The Hall–Kier alpha value is -3.16. The van der Waals surface area contributed by atoms with Gasteiger partial charge in [0.15, 0.2) is 5.54 Å². The van der Waals surface area contributed by atoms with E-state index in [-0.39, 0.29) is 15.6 Å². The van der Waals surface area contributed by atoms with Gasteiger partial charge in [-0.05, 0) is 30.3 Å². The summed E-state index contributed by atoms with van der Waals surface area (Å²) in [6.07, 6.45) is 12.5.